The van der Waals surface area contributed by atoms with Crippen LogP contribution in [0.2, 0.25) is 0 Å². The molecule has 1 fully saturated rings. The minimum absolute atomic E-state index is 0.00898. The van der Waals surface area contributed by atoms with E-state index in [0.717, 1.165) is 24.2 Å². The Bertz CT molecular complexity index is 599. The quantitative estimate of drug-likeness (QED) is 0.892. The van der Waals surface area contributed by atoms with Crippen molar-refractivity contribution < 1.29 is 14.3 Å². The topological polar surface area (TPSA) is 58.6 Å². The highest BCUT2D eigenvalue weighted by molar-refractivity contribution is 5.78. The lowest BCUT2D eigenvalue weighted by Gasteiger charge is -2.34. The van der Waals surface area contributed by atoms with Crippen LogP contribution >= 0.6 is 0 Å². The highest BCUT2D eigenvalue weighted by atomic mass is 16.5. The van der Waals surface area contributed by atoms with Crippen molar-refractivity contribution in [3.63, 3.8) is 0 Å². The van der Waals surface area contributed by atoms with Crippen molar-refractivity contribution >= 4 is 11.8 Å². The number of nitrogens with zero attached hydrogens (tertiary/aromatic N) is 1. The van der Waals surface area contributed by atoms with E-state index in [1.165, 1.54) is 0 Å². The maximum atomic E-state index is 12.3. The molecule has 1 heterocycles. The summed E-state index contributed by atoms with van der Waals surface area (Å²) in [6.45, 7) is 9.62. The number of benzene rings is 1. The lowest BCUT2D eigenvalue weighted by atomic mass is 9.91. The first-order chi connectivity index (χ1) is 11.7. The molecule has 0 bridgehead atoms. The van der Waals surface area contributed by atoms with Crippen LogP contribution in [0.3, 0.4) is 0 Å². The minimum Gasteiger partial charge on any atom is -0.484 e. The van der Waals surface area contributed by atoms with E-state index in [2.05, 4.69) is 26.1 Å². The molecule has 0 aromatic heterocycles. The SMILES string of the molecule is Cc1ccccc1OCC(=O)NC1CCN(C(=O)CC(C)(C)C)CC1. The van der Waals surface area contributed by atoms with Crippen LogP contribution in [-0.2, 0) is 9.59 Å². The summed E-state index contributed by atoms with van der Waals surface area (Å²) in [4.78, 5) is 26.2. The molecular formula is C20H30N2O3. The Hall–Kier alpha value is -2.04. The van der Waals surface area contributed by atoms with E-state index < -0.39 is 0 Å². The molecule has 5 heteroatoms. The van der Waals surface area contributed by atoms with Gasteiger partial charge in [0.15, 0.2) is 6.61 Å². The Morgan fingerprint density at radius 3 is 2.44 bits per heavy atom. The molecule has 2 amide bonds. The number of nitrogens with one attached hydrogen (secondary N) is 1. The number of hydrogen-bond donors (Lipinski definition) is 1. The summed E-state index contributed by atoms with van der Waals surface area (Å²) in [5.41, 5.74) is 1.02. The van der Waals surface area contributed by atoms with Crippen molar-refractivity contribution in [1.82, 2.24) is 10.2 Å². The highest BCUT2D eigenvalue weighted by Gasteiger charge is 2.26. The van der Waals surface area contributed by atoms with Crippen molar-refractivity contribution in [2.24, 2.45) is 5.41 Å². The third-order valence-electron chi connectivity index (χ3n) is 4.35. The smallest absolute Gasteiger partial charge is 0.258 e. The van der Waals surface area contributed by atoms with Crippen LogP contribution in [0, 0.1) is 12.3 Å². The maximum Gasteiger partial charge on any atom is 0.258 e. The van der Waals surface area contributed by atoms with Gasteiger partial charge in [-0.25, -0.2) is 0 Å². The molecule has 0 radical (unpaired) electrons. The molecule has 0 atom stereocenters. The van der Waals surface area contributed by atoms with Crippen LogP contribution in [0.1, 0.15) is 45.6 Å². The van der Waals surface area contributed by atoms with E-state index in [0.29, 0.717) is 19.5 Å². The fraction of sp³-hybridized carbons (Fsp3) is 0.600. The molecule has 1 aromatic rings. The van der Waals surface area contributed by atoms with Gasteiger partial charge < -0.3 is 15.0 Å². The summed E-state index contributed by atoms with van der Waals surface area (Å²) in [7, 11) is 0. The van der Waals surface area contributed by atoms with Gasteiger partial charge in [0, 0.05) is 25.6 Å². The molecule has 1 aromatic carbocycles. The Kier molecular flexibility index (Phi) is 6.45. The number of ether oxygens (including phenoxy) is 1. The molecule has 0 saturated carbocycles. The van der Waals surface area contributed by atoms with Crippen molar-refractivity contribution in [2.45, 2.75) is 53.0 Å². The highest BCUT2D eigenvalue weighted by Crippen LogP contribution is 2.21. The summed E-state index contributed by atoms with van der Waals surface area (Å²) in [6.07, 6.45) is 2.16. The van der Waals surface area contributed by atoms with Gasteiger partial charge in [-0.15, -0.1) is 0 Å². The van der Waals surface area contributed by atoms with E-state index in [1.54, 1.807) is 0 Å². The summed E-state index contributed by atoms with van der Waals surface area (Å²) in [5.74, 6) is 0.836. The van der Waals surface area contributed by atoms with Gasteiger partial charge in [-0.05, 0) is 36.8 Å². The molecule has 5 nitrogen and oxygen atoms in total. The molecule has 0 unspecified atom stereocenters. The zero-order chi connectivity index (χ0) is 18.4. The average molecular weight is 346 g/mol. The lowest BCUT2D eigenvalue weighted by Crippen LogP contribution is -2.48. The summed E-state index contributed by atoms with van der Waals surface area (Å²) in [5, 5.41) is 3.01. The minimum atomic E-state index is -0.109. The van der Waals surface area contributed by atoms with Gasteiger partial charge in [0.1, 0.15) is 5.75 Å². The van der Waals surface area contributed by atoms with Crippen LogP contribution in [-0.4, -0.2) is 42.5 Å². The van der Waals surface area contributed by atoms with Gasteiger partial charge in [0.25, 0.3) is 5.91 Å². The molecule has 138 valence electrons. The number of carbonyl (C=O) groups is 2. The molecule has 0 aliphatic carbocycles. The van der Waals surface area contributed by atoms with Gasteiger partial charge in [-0.2, -0.15) is 0 Å². The standard InChI is InChI=1S/C20H30N2O3/c1-15-7-5-6-8-17(15)25-14-18(23)21-16-9-11-22(12-10-16)19(24)13-20(2,3)4/h5-8,16H,9-14H2,1-4H3,(H,21,23). The monoisotopic (exact) mass is 346 g/mol. The van der Waals surface area contributed by atoms with Gasteiger partial charge >= 0.3 is 0 Å². The number of carbonyl (C=O) groups excluding carboxylic acids is 2. The summed E-state index contributed by atoms with van der Waals surface area (Å²) < 4.78 is 5.58. The van der Waals surface area contributed by atoms with Crippen LogP contribution < -0.4 is 10.1 Å². The largest absolute Gasteiger partial charge is 0.484 e. The first-order valence-corrected chi connectivity index (χ1v) is 9.00. The molecule has 0 spiro atoms. The Labute approximate surface area is 150 Å². The molecule has 1 aliphatic heterocycles. The number of likely N-dealkylation sites (tertiary alicyclic amines) is 1. The summed E-state index contributed by atoms with van der Waals surface area (Å²) in [6, 6.07) is 7.77. The number of para-hydroxylation sites is 1. The second-order valence-corrected chi connectivity index (χ2v) is 8.01. The third kappa shape index (κ3) is 6.40. The van der Waals surface area contributed by atoms with Gasteiger partial charge in [0.05, 0.1) is 0 Å². The van der Waals surface area contributed by atoms with Crippen molar-refractivity contribution in [2.75, 3.05) is 19.7 Å². The van der Waals surface area contributed by atoms with Crippen molar-refractivity contribution in [3.8, 4) is 5.75 Å². The number of amides is 2. The number of aryl methyl sites for hydroxylation is 1. The third-order valence-corrected chi connectivity index (χ3v) is 4.35. The molecule has 25 heavy (non-hydrogen) atoms. The predicted molar refractivity (Wildman–Crippen MR) is 98.5 cm³/mol. The Morgan fingerprint density at radius 1 is 1.20 bits per heavy atom. The van der Waals surface area contributed by atoms with Crippen LogP contribution in [0.5, 0.6) is 5.75 Å². The van der Waals surface area contributed by atoms with E-state index in [9.17, 15) is 9.59 Å². The number of rotatable bonds is 5. The lowest BCUT2D eigenvalue weighted by molar-refractivity contribution is -0.134. The van der Waals surface area contributed by atoms with E-state index in [4.69, 9.17) is 4.74 Å². The predicted octanol–water partition coefficient (Wildman–Crippen LogP) is 2.92. The van der Waals surface area contributed by atoms with E-state index in [-0.39, 0.29) is 29.9 Å². The molecule has 1 saturated heterocycles. The van der Waals surface area contributed by atoms with Gasteiger partial charge in [0.2, 0.25) is 5.91 Å². The second kappa shape index (κ2) is 8.37. The Balaban J connectivity index is 1.72. The van der Waals surface area contributed by atoms with Gasteiger partial charge in [-0.3, -0.25) is 9.59 Å². The van der Waals surface area contributed by atoms with E-state index in [1.807, 2.05) is 36.1 Å². The molecule has 1 aliphatic rings. The fourth-order valence-corrected chi connectivity index (χ4v) is 2.97. The zero-order valence-electron chi connectivity index (χ0n) is 15.8. The van der Waals surface area contributed by atoms with Crippen LogP contribution in [0.15, 0.2) is 24.3 Å². The average Bonchev–Trinajstić information content (AvgIpc) is 2.53. The maximum absolute atomic E-state index is 12.3. The van der Waals surface area contributed by atoms with Gasteiger partial charge in [-0.1, -0.05) is 39.0 Å². The fourth-order valence-electron chi connectivity index (χ4n) is 2.97. The summed E-state index contributed by atoms with van der Waals surface area (Å²) >= 11 is 0. The number of piperidine rings is 1. The second-order valence-electron chi connectivity index (χ2n) is 8.01. The first kappa shape index (κ1) is 19.3. The van der Waals surface area contributed by atoms with Crippen LogP contribution in [0.25, 0.3) is 0 Å². The van der Waals surface area contributed by atoms with Crippen molar-refractivity contribution in [1.29, 1.82) is 0 Å². The van der Waals surface area contributed by atoms with E-state index >= 15 is 0 Å². The zero-order valence-corrected chi connectivity index (χ0v) is 15.8. The molecule has 1 N–H and O–H groups in total. The molecular weight excluding hydrogens is 316 g/mol. The van der Waals surface area contributed by atoms with Crippen LogP contribution in [0.4, 0.5) is 0 Å². The Morgan fingerprint density at radius 2 is 1.84 bits per heavy atom. The molecule has 2 rings (SSSR count). The van der Waals surface area contributed by atoms with Crippen molar-refractivity contribution in [3.05, 3.63) is 29.8 Å². The normalized spacial score (nSPS) is 15.8. The number of hydrogen-bond acceptors (Lipinski definition) is 3. The first-order valence-electron chi connectivity index (χ1n) is 9.00.